The summed E-state index contributed by atoms with van der Waals surface area (Å²) in [6.45, 7) is 7.71. The van der Waals surface area contributed by atoms with Gasteiger partial charge in [0.1, 0.15) is 17.3 Å². The van der Waals surface area contributed by atoms with Crippen LogP contribution in [0.15, 0.2) is 22.9 Å². The smallest absolute Gasteiger partial charge is 0.346 e. The number of thiophene rings is 1. The molecule has 1 saturated heterocycles. The Labute approximate surface area is 216 Å². The van der Waals surface area contributed by atoms with Gasteiger partial charge in [0.25, 0.3) is 0 Å². The molecule has 1 unspecified atom stereocenters. The van der Waals surface area contributed by atoms with Gasteiger partial charge >= 0.3 is 11.9 Å². The number of hydrogen-bond donors (Lipinski definition) is 2. The minimum absolute atomic E-state index is 0.0848. The number of carbonyl (C=O) groups is 2. The molecule has 2 aromatic heterocycles. The third-order valence-electron chi connectivity index (χ3n) is 6.73. The zero-order chi connectivity index (χ0) is 26.2. The SMILES string of the molecule is CONC(=O)N(Cc1ccsc1)C1CCN([C@H](C)CC[NH+]([O-])C(=O)c2c(C)cc(C#N)nc2C)CC1. The normalized spacial score (nSPS) is 16.2. The zero-order valence-electron chi connectivity index (χ0n) is 21.2. The van der Waals surface area contributed by atoms with Gasteiger partial charge in [0.05, 0.1) is 19.3 Å². The lowest BCUT2D eigenvalue weighted by Crippen LogP contribution is -3.10. The molecule has 3 amide bonds. The first-order valence-electron chi connectivity index (χ1n) is 12.1. The predicted octanol–water partition coefficient (Wildman–Crippen LogP) is 2.17. The molecule has 1 aliphatic rings. The van der Waals surface area contributed by atoms with Crippen LogP contribution in [0.25, 0.3) is 0 Å². The fourth-order valence-corrected chi connectivity index (χ4v) is 5.40. The molecule has 2 N–H and O–H groups in total. The van der Waals surface area contributed by atoms with Gasteiger partial charge in [-0.1, -0.05) is 0 Å². The average Bonchev–Trinajstić information content (AvgIpc) is 3.38. The molecular formula is C25H34N6O4S. The number of carbonyl (C=O) groups excluding carboxylic acids is 2. The second-order valence-corrected chi connectivity index (χ2v) is 9.95. The second kappa shape index (κ2) is 12.9. The largest absolute Gasteiger partial charge is 0.626 e. The van der Waals surface area contributed by atoms with Gasteiger partial charge in [0, 0.05) is 38.1 Å². The summed E-state index contributed by atoms with van der Waals surface area (Å²) in [5.41, 5.74) is 5.07. The van der Waals surface area contributed by atoms with Crippen LogP contribution in [0.2, 0.25) is 0 Å². The number of rotatable bonds is 9. The van der Waals surface area contributed by atoms with Crippen molar-refractivity contribution in [3.05, 3.63) is 56.2 Å². The van der Waals surface area contributed by atoms with E-state index >= 15 is 0 Å². The highest BCUT2D eigenvalue weighted by molar-refractivity contribution is 7.07. The molecule has 0 radical (unpaired) electrons. The minimum Gasteiger partial charge on any atom is -0.626 e. The van der Waals surface area contributed by atoms with E-state index in [0.29, 0.717) is 29.8 Å². The number of pyridine rings is 1. The van der Waals surface area contributed by atoms with Gasteiger partial charge in [0.15, 0.2) is 0 Å². The van der Waals surface area contributed by atoms with E-state index < -0.39 is 11.0 Å². The van der Waals surface area contributed by atoms with Gasteiger partial charge in [-0.15, -0.1) is 0 Å². The number of likely N-dealkylation sites (tertiary alicyclic amines) is 1. The summed E-state index contributed by atoms with van der Waals surface area (Å²) in [6, 6.07) is 5.49. The lowest BCUT2D eigenvalue weighted by molar-refractivity contribution is -0.758. The average molecular weight is 515 g/mol. The Morgan fingerprint density at radius 2 is 2.14 bits per heavy atom. The third-order valence-corrected chi connectivity index (χ3v) is 7.46. The number of nitrogens with one attached hydrogen (secondary N) is 2. The molecular weight excluding hydrogens is 480 g/mol. The van der Waals surface area contributed by atoms with E-state index in [1.54, 1.807) is 25.2 Å². The number of urea groups is 1. The number of nitriles is 1. The van der Waals surface area contributed by atoms with Crippen molar-refractivity contribution in [2.75, 3.05) is 26.7 Å². The first-order valence-corrected chi connectivity index (χ1v) is 13.0. The van der Waals surface area contributed by atoms with Crippen molar-refractivity contribution >= 4 is 23.3 Å². The van der Waals surface area contributed by atoms with E-state index in [1.165, 1.54) is 13.2 Å². The minimum atomic E-state index is -0.541. The van der Waals surface area contributed by atoms with Crippen molar-refractivity contribution in [1.82, 2.24) is 20.3 Å². The Morgan fingerprint density at radius 1 is 1.42 bits per heavy atom. The van der Waals surface area contributed by atoms with Gasteiger partial charge in [0.2, 0.25) is 0 Å². The second-order valence-electron chi connectivity index (χ2n) is 9.17. The monoisotopic (exact) mass is 514 g/mol. The molecule has 2 aromatic rings. The Kier molecular flexibility index (Phi) is 9.92. The van der Waals surface area contributed by atoms with Crippen LogP contribution >= 0.6 is 11.3 Å². The molecule has 0 aromatic carbocycles. The van der Waals surface area contributed by atoms with E-state index in [2.05, 4.69) is 22.3 Å². The summed E-state index contributed by atoms with van der Waals surface area (Å²) in [5, 5.41) is 25.4. The van der Waals surface area contributed by atoms with Crippen LogP contribution in [0.5, 0.6) is 0 Å². The first-order chi connectivity index (χ1) is 17.2. The molecule has 10 nitrogen and oxygen atoms in total. The number of aromatic nitrogens is 1. The number of nitrogens with zero attached hydrogens (tertiary/aromatic N) is 4. The summed E-state index contributed by atoms with van der Waals surface area (Å²) in [6.07, 6.45) is 2.20. The number of amides is 3. The maximum absolute atomic E-state index is 12.8. The molecule has 1 fully saturated rings. The molecule has 0 saturated carbocycles. The first kappa shape index (κ1) is 27.7. The Hall–Kier alpha value is -2.88. The van der Waals surface area contributed by atoms with Crippen LogP contribution in [-0.2, 0) is 11.4 Å². The van der Waals surface area contributed by atoms with Crippen LogP contribution < -0.4 is 10.5 Å². The Balaban J connectivity index is 1.53. The summed E-state index contributed by atoms with van der Waals surface area (Å²) in [7, 11) is 1.43. The highest BCUT2D eigenvalue weighted by atomic mass is 32.1. The quantitative estimate of drug-likeness (QED) is 0.491. The molecule has 11 heteroatoms. The van der Waals surface area contributed by atoms with Crippen LogP contribution in [0.3, 0.4) is 0 Å². The summed E-state index contributed by atoms with van der Waals surface area (Å²) in [4.78, 5) is 38.5. The topological polar surface area (TPSA) is 126 Å². The number of quaternary nitrogens is 1. The lowest BCUT2D eigenvalue weighted by atomic mass is 10.0. The molecule has 3 heterocycles. The van der Waals surface area contributed by atoms with Crippen molar-refractivity contribution in [2.24, 2.45) is 0 Å². The van der Waals surface area contributed by atoms with Crippen LogP contribution in [0.4, 0.5) is 4.79 Å². The predicted molar refractivity (Wildman–Crippen MR) is 136 cm³/mol. The van der Waals surface area contributed by atoms with Crippen molar-refractivity contribution in [3.8, 4) is 6.07 Å². The zero-order valence-corrected chi connectivity index (χ0v) is 22.1. The molecule has 36 heavy (non-hydrogen) atoms. The van der Waals surface area contributed by atoms with Gasteiger partial charge in [-0.25, -0.2) is 20.1 Å². The highest BCUT2D eigenvalue weighted by Gasteiger charge is 2.30. The summed E-state index contributed by atoms with van der Waals surface area (Å²) >= 11 is 1.60. The third kappa shape index (κ3) is 6.87. The lowest BCUT2D eigenvalue weighted by Gasteiger charge is -2.40. The van der Waals surface area contributed by atoms with Crippen LogP contribution in [0.1, 0.15) is 59.1 Å². The van der Waals surface area contributed by atoms with E-state index in [9.17, 15) is 14.8 Å². The number of aryl methyl sites for hydroxylation is 2. The molecule has 3 rings (SSSR count). The standard InChI is InChI=1S/C25H34N6O4S/c1-17-13-21(14-26)27-19(3)23(17)24(32)31(34)11-5-18(2)29-9-6-22(7-10-29)30(25(33)28-35-4)15-20-8-12-36-16-20/h8,12-13,16,18,22,31H,5-7,9-11,15H2,1-4H3,(H,28,33)/t18-/m1/s1. The number of hydrogen-bond acceptors (Lipinski definition) is 8. The van der Waals surface area contributed by atoms with Gasteiger partial charge in [-0.3, -0.25) is 4.84 Å². The summed E-state index contributed by atoms with van der Waals surface area (Å²) in [5.74, 6) is -0.541. The maximum atomic E-state index is 12.8. The van der Waals surface area contributed by atoms with E-state index in [0.717, 1.165) is 31.5 Å². The molecule has 0 spiro atoms. The fraction of sp³-hybridized carbons (Fsp3) is 0.520. The van der Waals surface area contributed by atoms with E-state index in [4.69, 9.17) is 10.1 Å². The van der Waals surface area contributed by atoms with Crippen LogP contribution in [-0.4, -0.2) is 65.5 Å². The van der Waals surface area contributed by atoms with Crippen molar-refractivity contribution in [3.63, 3.8) is 0 Å². The van der Waals surface area contributed by atoms with Crippen molar-refractivity contribution in [2.45, 2.75) is 58.7 Å². The molecule has 0 bridgehead atoms. The molecule has 0 aliphatic carbocycles. The molecule has 1 aliphatic heterocycles. The Morgan fingerprint density at radius 3 is 2.72 bits per heavy atom. The highest BCUT2D eigenvalue weighted by Crippen LogP contribution is 2.22. The summed E-state index contributed by atoms with van der Waals surface area (Å²) < 4.78 is 0. The van der Waals surface area contributed by atoms with Gasteiger partial charge in [-0.2, -0.15) is 16.6 Å². The van der Waals surface area contributed by atoms with Gasteiger partial charge < -0.3 is 20.1 Å². The van der Waals surface area contributed by atoms with E-state index in [1.807, 2.05) is 27.8 Å². The fourth-order valence-electron chi connectivity index (χ4n) is 4.74. The number of piperidine rings is 1. The van der Waals surface area contributed by atoms with Crippen molar-refractivity contribution in [1.29, 1.82) is 5.26 Å². The van der Waals surface area contributed by atoms with Crippen molar-refractivity contribution < 1.29 is 19.5 Å². The van der Waals surface area contributed by atoms with Gasteiger partial charge in [-0.05, 0) is 67.6 Å². The molecule has 194 valence electrons. The Bertz CT molecular complexity index is 1060. The van der Waals surface area contributed by atoms with Crippen LogP contribution in [0, 0.1) is 30.4 Å². The van der Waals surface area contributed by atoms with E-state index in [-0.39, 0.29) is 30.4 Å². The molecule has 2 atom stereocenters. The number of hydroxylamine groups is 3. The maximum Gasteiger partial charge on any atom is 0.346 e.